The summed E-state index contributed by atoms with van der Waals surface area (Å²) in [6.07, 6.45) is 2.18. The van der Waals surface area contributed by atoms with E-state index in [2.05, 4.69) is 10.6 Å². The molecule has 0 bridgehead atoms. The van der Waals surface area contributed by atoms with Crippen LogP contribution in [0.25, 0.3) is 0 Å². The van der Waals surface area contributed by atoms with Gasteiger partial charge in [0.1, 0.15) is 11.6 Å². The van der Waals surface area contributed by atoms with Gasteiger partial charge < -0.3 is 20.3 Å². The third-order valence-corrected chi connectivity index (χ3v) is 5.33. The van der Waals surface area contributed by atoms with Crippen molar-refractivity contribution in [3.8, 4) is 5.75 Å². The Hall–Kier alpha value is -3.09. The molecular weight excluding hydrogens is 385 g/mol. The number of halogens is 1. The van der Waals surface area contributed by atoms with Crippen molar-refractivity contribution < 1.29 is 18.7 Å². The van der Waals surface area contributed by atoms with Crippen LogP contribution in [-0.2, 0) is 11.2 Å². The maximum absolute atomic E-state index is 13.2. The van der Waals surface area contributed by atoms with Gasteiger partial charge in [-0.25, -0.2) is 9.18 Å². The van der Waals surface area contributed by atoms with Crippen molar-refractivity contribution >= 4 is 17.6 Å². The minimum Gasteiger partial charge on any atom is -0.496 e. The minimum absolute atomic E-state index is 0.0785. The summed E-state index contributed by atoms with van der Waals surface area (Å²) in [6, 6.07) is 11.2. The van der Waals surface area contributed by atoms with Gasteiger partial charge in [-0.1, -0.05) is 18.2 Å². The lowest BCUT2D eigenvalue weighted by Crippen LogP contribution is -2.44. The number of nitrogens with zero attached hydrogens (tertiary/aromatic N) is 1. The fourth-order valence-corrected chi connectivity index (χ4v) is 3.70. The van der Waals surface area contributed by atoms with Crippen molar-refractivity contribution in [1.82, 2.24) is 10.2 Å². The van der Waals surface area contributed by atoms with Gasteiger partial charge in [-0.05, 0) is 61.1 Å². The van der Waals surface area contributed by atoms with Gasteiger partial charge in [0.2, 0.25) is 5.91 Å². The third-order valence-electron chi connectivity index (χ3n) is 5.33. The van der Waals surface area contributed by atoms with Crippen LogP contribution in [0.5, 0.6) is 5.75 Å². The summed E-state index contributed by atoms with van der Waals surface area (Å²) in [6.45, 7) is 3.77. The van der Waals surface area contributed by atoms with Crippen molar-refractivity contribution in [2.75, 3.05) is 32.1 Å². The highest BCUT2D eigenvalue weighted by Gasteiger charge is 2.24. The van der Waals surface area contributed by atoms with E-state index in [1.807, 2.05) is 30.0 Å². The third kappa shape index (κ3) is 5.95. The lowest BCUT2D eigenvalue weighted by molar-refractivity contribution is -0.132. The first-order valence-corrected chi connectivity index (χ1v) is 10.2. The molecule has 6 nitrogen and oxygen atoms in total. The highest BCUT2D eigenvalue weighted by Crippen LogP contribution is 2.21. The number of carbonyl (C=O) groups excluding carboxylic acids is 2. The smallest absolute Gasteiger partial charge is 0.319 e. The van der Waals surface area contributed by atoms with Gasteiger partial charge in [0.15, 0.2) is 0 Å². The van der Waals surface area contributed by atoms with E-state index in [1.54, 1.807) is 19.2 Å². The van der Waals surface area contributed by atoms with Gasteiger partial charge in [0, 0.05) is 25.3 Å². The van der Waals surface area contributed by atoms with Gasteiger partial charge in [-0.3, -0.25) is 4.79 Å². The SMILES string of the molecule is COc1cc(CC(=O)N2CCCC(CNC(=O)Nc3cccc(F)c3)C2)ccc1C. The number of rotatable bonds is 6. The molecule has 160 valence electrons. The van der Waals surface area contributed by atoms with Crippen molar-refractivity contribution in [2.24, 2.45) is 5.92 Å². The molecule has 0 aromatic heterocycles. The van der Waals surface area contributed by atoms with E-state index in [-0.39, 0.29) is 17.9 Å². The molecule has 30 heavy (non-hydrogen) atoms. The Morgan fingerprint density at radius 1 is 1.23 bits per heavy atom. The number of hydrogen-bond acceptors (Lipinski definition) is 3. The van der Waals surface area contributed by atoms with Crippen molar-refractivity contribution in [2.45, 2.75) is 26.2 Å². The first-order chi connectivity index (χ1) is 14.4. The first kappa shape index (κ1) is 21.6. The van der Waals surface area contributed by atoms with Crippen LogP contribution in [0.15, 0.2) is 42.5 Å². The number of likely N-dealkylation sites (tertiary alicyclic amines) is 1. The number of nitrogens with one attached hydrogen (secondary N) is 2. The standard InChI is InChI=1S/C23H28FN3O3/c1-16-8-9-17(11-21(16)30-2)12-22(28)27-10-4-5-18(15-27)14-25-23(29)26-20-7-3-6-19(24)13-20/h3,6-9,11,13,18H,4-5,10,12,14-15H2,1-2H3,(H2,25,26,29). The second-order valence-corrected chi connectivity index (χ2v) is 7.67. The summed E-state index contributed by atoms with van der Waals surface area (Å²) in [4.78, 5) is 26.7. The zero-order chi connectivity index (χ0) is 21.5. The van der Waals surface area contributed by atoms with Crippen LogP contribution in [0.1, 0.15) is 24.0 Å². The number of benzene rings is 2. The zero-order valence-electron chi connectivity index (χ0n) is 17.4. The number of aryl methyl sites for hydroxylation is 1. The van der Waals surface area contributed by atoms with E-state index in [9.17, 15) is 14.0 Å². The summed E-state index contributed by atoms with van der Waals surface area (Å²) in [5.74, 6) is 0.647. The topological polar surface area (TPSA) is 70.7 Å². The number of urea groups is 1. The second kappa shape index (κ2) is 10.1. The van der Waals surface area contributed by atoms with Crippen LogP contribution in [0.3, 0.4) is 0 Å². The number of methoxy groups -OCH3 is 1. The quantitative estimate of drug-likeness (QED) is 0.758. The molecule has 2 aromatic rings. The maximum atomic E-state index is 13.2. The van der Waals surface area contributed by atoms with Gasteiger partial charge in [-0.2, -0.15) is 0 Å². The summed E-state index contributed by atoms with van der Waals surface area (Å²) < 4.78 is 18.6. The number of amides is 3. The molecule has 7 heteroatoms. The number of anilines is 1. The Balaban J connectivity index is 1.48. The largest absolute Gasteiger partial charge is 0.496 e. The summed E-state index contributed by atoms with van der Waals surface area (Å²) in [5, 5.41) is 5.45. The van der Waals surface area contributed by atoms with Crippen LogP contribution in [0, 0.1) is 18.7 Å². The molecule has 1 aliphatic heterocycles. The molecule has 3 amide bonds. The van der Waals surface area contributed by atoms with Crippen LogP contribution < -0.4 is 15.4 Å². The first-order valence-electron chi connectivity index (χ1n) is 10.2. The molecule has 1 heterocycles. The molecule has 2 N–H and O–H groups in total. The summed E-state index contributed by atoms with van der Waals surface area (Å²) in [5.41, 5.74) is 2.37. The number of ether oxygens (including phenoxy) is 1. The molecule has 1 saturated heterocycles. The fourth-order valence-electron chi connectivity index (χ4n) is 3.70. The van der Waals surface area contributed by atoms with Crippen molar-refractivity contribution in [3.05, 3.63) is 59.4 Å². The molecule has 3 rings (SSSR count). The van der Waals surface area contributed by atoms with E-state index in [4.69, 9.17) is 4.74 Å². The van der Waals surface area contributed by atoms with E-state index in [0.717, 1.165) is 36.3 Å². The highest BCUT2D eigenvalue weighted by molar-refractivity contribution is 5.89. The van der Waals surface area contributed by atoms with Gasteiger partial charge in [-0.15, -0.1) is 0 Å². The average molecular weight is 413 g/mol. The van der Waals surface area contributed by atoms with Gasteiger partial charge >= 0.3 is 6.03 Å². The lowest BCUT2D eigenvalue weighted by atomic mass is 9.97. The Morgan fingerprint density at radius 3 is 2.83 bits per heavy atom. The monoisotopic (exact) mass is 413 g/mol. The molecule has 1 fully saturated rings. The second-order valence-electron chi connectivity index (χ2n) is 7.67. The number of piperidine rings is 1. The normalized spacial score (nSPS) is 16.1. The highest BCUT2D eigenvalue weighted by atomic mass is 19.1. The number of carbonyl (C=O) groups is 2. The average Bonchev–Trinajstić information content (AvgIpc) is 2.74. The van der Waals surface area contributed by atoms with Crippen LogP contribution in [-0.4, -0.2) is 43.6 Å². The number of hydrogen-bond donors (Lipinski definition) is 2. The maximum Gasteiger partial charge on any atom is 0.319 e. The predicted molar refractivity (Wildman–Crippen MR) is 114 cm³/mol. The molecule has 0 spiro atoms. The molecule has 0 saturated carbocycles. The molecule has 1 atom stereocenters. The van der Waals surface area contributed by atoms with E-state index >= 15 is 0 Å². The predicted octanol–water partition coefficient (Wildman–Crippen LogP) is 3.75. The Morgan fingerprint density at radius 2 is 2.07 bits per heavy atom. The van der Waals surface area contributed by atoms with E-state index in [0.29, 0.717) is 25.2 Å². The Bertz CT molecular complexity index is 903. The van der Waals surface area contributed by atoms with Crippen LogP contribution >= 0.6 is 0 Å². The van der Waals surface area contributed by atoms with Gasteiger partial charge in [0.25, 0.3) is 0 Å². The van der Waals surface area contributed by atoms with E-state index in [1.165, 1.54) is 12.1 Å². The summed E-state index contributed by atoms with van der Waals surface area (Å²) >= 11 is 0. The molecule has 1 unspecified atom stereocenters. The molecular formula is C23H28FN3O3. The molecule has 1 aliphatic rings. The Labute approximate surface area is 176 Å². The van der Waals surface area contributed by atoms with Crippen molar-refractivity contribution in [3.63, 3.8) is 0 Å². The molecule has 0 radical (unpaired) electrons. The fraction of sp³-hybridized carbons (Fsp3) is 0.391. The minimum atomic E-state index is -0.402. The Kier molecular flexibility index (Phi) is 7.27. The van der Waals surface area contributed by atoms with Crippen LogP contribution in [0.4, 0.5) is 14.9 Å². The lowest BCUT2D eigenvalue weighted by Gasteiger charge is -2.33. The molecule has 0 aliphatic carbocycles. The van der Waals surface area contributed by atoms with E-state index < -0.39 is 5.82 Å². The van der Waals surface area contributed by atoms with Crippen molar-refractivity contribution in [1.29, 1.82) is 0 Å². The van der Waals surface area contributed by atoms with Gasteiger partial charge in [0.05, 0.1) is 13.5 Å². The van der Waals surface area contributed by atoms with Crippen LogP contribution in [0.2, 0.25) is 0 Å². The zero-order valence-corrected chi connectivity index (χ0v) is 17.4. The molecule has 2 aromatic carbocycles. The summed E-state index contributed by atoms with van der Waals surface area (Å²) in [7, 11) is 1.63.